The third-order valence-electron chi connectivity index (χ3n) is 4.61. The topological polar surface area (TPSA) is 98.5 Å². The molecule has 23 heavy (non-hydrogen) atoms. The number of sulfonamides is 1. The summed E-state index contributed by atoms with van der Waals surface area (Å²) < 4.78 is 33.7. The van der Waals surface area contributed by atoms with Gasteiger partial charge in [-0.25, -0.2) is 13.2 Å². The minimum absolute atomic E-state index is 0.142. The second kappa shape index (κ2) is 5.47. The maximum atomic E-state index is 12.8. The Morgan fingerprint density at radius 3 is 2.74 bits per heavy atom. The first-order valence-corrected chi connectivity index (χ1v) is 9.08. The highest BCUT2D eigenvalue weighted by atomic mass is 32.2. The predicted molar refractivity (Wildman–Crippen MR) is 86.7 cm³/mol. The van der Waals surface area contributed by atoms with E-state index >= 15 is 0 Å². The highest BCUT2D eigenvalue weighted by Crippen LogP contribution is 2.33. The van der Waals surface area contributed by atoms with Crippen molar-refractivity contribution in [1.82, 2.24) is 8.87 Å². The SMILES string of the molecule is CCn1c(=O)oc2cc(S(=O)(=O)N3CCC(C)(CN)C3)ccc21. The number of nitrogens with two attached hydrogens (primary N) is 1. The number of aryl methyl sites for hydroxylation is 1. The Kier molecular flexibility index (Phi) is 3.86. The molecule has 2 aromatic rings. The number of oxazole rings is 1. The van der Waals surface area contributed by atoms with Gasteiger partial charge in [-0.15, -0.1) is 0 Å². The average molecular weight is 339 g/mol. The van der Waals surface area contributed by atoms with Crippen LogP contribution in [0.4, 0.5) is 0 Å². The van der Waals surface area contributed by atoms with Crippen LogP contribution in [-0.2, 0) is 16.6 Å². The van der Waals surface area contributed by atoms with Gasteiger partial charge in [0.2, 0.25) is 10.0 Å². The van der Waals surface area contributed by atoms with Crippen molar-refractivity contribution in [2.24, 2.45) is 11.1 Å². The van der Waals surface area contributed by atoms with Crippen LogP contribution in [0.5, 0.6) is 0 Å². The zero-order chi connectivity index (χ0) is 16.8. The molecule has 2 N–H and O–H groups in total. The predicted octanol–water partition coefficient (Wildman–Crippen LogP) is 0.974. The summed E-state index contributed by atoms with van der Waals surface area (Å²) >= 11 is 0. The van der Waals surface area contributed by atoms with E-state index in [4.69, 9.17) is 10.2 Å². The smallest absolute Gasteiger partial charge is 0.408 e. The molecule has 126 valence electrons. The molecule has 0 bridgehead atoms. The number of rotatable bonds is 4. The molecule has 1 aromatic heterocycles. The van der Waals surface area contributed by atoms with Gasteiger partial charge in [-0.1, -0.05) is 6.92 Å². The summed E-state index contributed by atoms with van der Waals surface area (Å²) in [6, 6.07) is 4.57. The summed E-state index contributed by atoms with van der Waals surface area (Å²) in [5.74, 6) is -0.478. The number of fused-ring (bicyclic) bond motifs is 1. The maximum Gasteiger partial charge on any atom is 0.419 e. The Morgan fingerprint density at radius 2 is 2.13 bits per heavy atom. The van der Waals surface area contributed by atoms with E-state index in [1.807, 2.05) is 13.8 Å². The highest BCUT2D eigenvalue weighted by molar-refractivity contribution is 7.89. The first-order chi connectivity index (χ1) is 10.8. The van der Waals surface area contributed by atoms with Crippen LogP contribution in [-0.4, -0.2) is 36.9 Å². The lowest BCUT2D eigenvalue weighted by Crippen LogP contribution is -2.34. The van der Waals surface area contributed by atoms with Crippen molar-refractivity contribution in [1.29, 1.82) is 0 Å². The van der Waals surface area contributed by atoms with Gasteiger partial charge in [0.15, 0.2) is 5.58 Å². The van der Waals surface area contributed by atoms with Gasteiger partial charge in [-0.2, -0.15) is 4.31 Å². The standard InChI is InChI=1S/C15H21N3O4S/c1-3-18-12-5-4-11(8-13(12)22-14(18)19)23(20,21)17-7-6-15(2,9-16)10-17/h4-5,8H,3,6-7,9-10,16H2,1-2H3. The van der Waals surface area contributed by atoms with Gasteiger partial charge < -0.3 is 10.2 Å². The van der Waals surface area contributed by atoms with Gasteiger partial charge in [-0.05, 0) is 37.4 Å². The van der Waals surface area contributed by atoms with Crippen molar-refractivity contribution in [2.45, 2.75) is 31.7 Å². The van der Waals surface area contributed by atoms with Gasteiger partial charge in [0.1, 0.15) is 0 Å². The molecule has 7 nitrogen and oxygen atoms in total. The number of nitrogens with zero attached hydrogens (tertiary/aromatic N) is 2. The third kappa shape index (κ3) is 2.60. The van der Waals surface area contributed by atoms with Crippen LogP contribution in [0.3, 0.4) is 0 Å². The molecule has 1 saturated heterocycles. The second-order valence-corrected chi connectivity index (χ2v) is 8.28. The van der Waals surface area contributed by atoms with Crippen LogP contribution in [0.25, 0.3) is 11.1 Å². The van der Waals surface area contributed by atoms with E-state index in [1.54, 1.807) is 6.07 Å². The first-order valence-electron chi connectivity index (χ1n) is 7.64. The minimum atomic E-state index is -3.62. The Morgan fingerprint density at radius 1 is 1.39 bits per heavy atom. The number of aromatic nitrogens is 1. The summed E-state index contributed by atoms with van der Waals surface area (Å²) in [5.41, 5.74) is 6.45. The van der Waals surface area contributed by atoms with Gasteiger partial charge in [0.05, 0.1) is 10.4 Å². The molecule has 1 atom stereocenters. The Bertz CT molecular complexity index is 899. The van der Waals surface area contributed by atoms with Crippen molar-refractivity contribution in [3.8, 4) is 0 Å². The molecule has 1 aliphatic heterocycles. The van der Waals surface area contributed by atoms with E-state index in [0.29, 0.717) is 37.3 Å². The zero-order valence-corrected chi connectivity index (χ0v) is 14.1. The number of hydrogen-bond donors (Lipinski definition) is 1. The summed E-state index contributed by atoms with van der Waals surface area (Å²) in [4.78, 5) is 11.9. The fraction of sp³-hybridized carbons (Fsp3) is 0.533. The van der Waals surface area contributed by atoms with Crippen molar-refractivity contribution in [2.75, 3.05) is 19.6 Å². The molecule has 1 aliphatic rings. The lowest BCUT2D eigenvalue weighted by molar-refractivity contribution is 0.349. The molecule has 8 heteroatoms. The third-order valence-corrected chi connectivity index (χ3v) is 6.45. The van der Waals surface area contributed by atoms with E-state index in [0.717, 1.165) is 6.42 Å². The molecule has 2 heterocycles. The number of benzene rings is 1. The van der Waals surface area contributed by atoms with Crippen LogP contribution >= 0.6 is 0 Å². The van der Waals surface area contributed by atoms with Crippen molar-refractivity contribution < 1.29 is 12.8 Å². The molecule has 0 spiro atoms. The Hall–Kier alpha value is -1.64. The second-order valence-electron chi connectivity index (χ2n) is 6.35. The Labute approximate surface area is 134 Å². The summed E-state index contributed by atoms with van der Waals surface area (Å²) in [5, 5.41) is 0. The van der Waals surface area contributed by atoms with Crippen LogP contribution in [0, 0.1) is 5.41 Å². The molecule has 1 aromatic carbocycles. The first kappa shape index (κ1) is 16.2. The fourth-order valence-electron chi connectivity index (χ4n) is 3.01. The minimum Gasteiger partial charge on any atom is -0.408 e. The lowest BCUT2D eigenvalue weighted by Gasteiger charge is -2.22. The van der Waals surface area contributed by atoms with Crippen LogP contribution < -0.4 is 11.5 Å². The van der Waals surface area contributed by atoms with Crippen LogP contribution in [0.1, 0.15) is 20.3 Å². The molecule has 0 amide bonds. The van der Waals surface area contributed by atoms with E-state index in [-0.39, 0.29) is 10.3 Å². The fourth-order valence-corrected chi connectivity index (χ4v) is 4.61. The molecule has 1 fully saturated rings. The molecule has 0 radical (unpaired) electrons. The van der Waals surface area contributed by atoms with Crippen molar-refractivity contribution >= 4 is 21.1 Å². The molecule has 0 saturated carbocycles. The van der Waals surface area contributed by atoms with E-state index < -0.39 is 15.8 Å². The van der Waals surface area contributed by atoms with Crippen LogP contribution in [0.15, 0.2) is 32.3 Å². The highest BCUT2D eigenvalue weighted by Gasteiger charge is 2.39. The average Bonchev–Trinajstić information content (AvgIpc) is 3.07. The largest absolute Gasteiger partial charge is 0.419 e. The van der Waals surface area contributed by atoms with Gasteiger partial charge in [0, 0.05) is 25.7 Å². The Balaban J connectivity index is 2.01. The van der Waals surface area contributed by atoms with Gasteiger partial charge >= 0.3 is 5.76 Å². The molecular formula is C15H21N3O4S. The zero-order valence-electron chi connectivity index (χ0n) is 13.3. The van der Waals surface area contributed by atoms with Gasteiger partial charge in [0.25, 0.3) is 0 Å². The summed E-state index contributed by atoms with van der Waals surface area (Å²) in [6.45, 7) is 5.61. The molecule has 1 unspecified atom stereocenters. The monoisotopic (exact) mass is 339 g/mol. The van der Waals surface area contributed by atoms with Crippen molar-refractivity contribution in [3.63, 3.8) is 0 Å². The normalized spacial score (nSPS) is 22.9. The van der Waals surface area contributed by atoms with E-state index in [1.165, 1.54) is 21.0 Å². The van der Waals surface area contributed by atoms with Crippen LogP contribution in [0.2, 0.25) is 0 Å². The molecular weight excluding hydrogens is 318 g/mol. The lowest BCUT2D eigenvalue weighted by atomic mass is 9.90. The summed E-state index contributed by atoms with van der Waals surface area (Å²) in [6.07, 6.45) is 0.742. The summed E-state index contributed by atoms with van der Waals surface area (Å²) in [7, 11) is -3.62. The quantitative estimate of drug-likeness (QED) is 0.895. The molecule has 0 aliphatic carbocycles. The van der Waals surface area contributed by atoms with E-state index in [9.17, 15) is 13.2 Å². The van der Waals surface area contributed by atoms with Gasteiger partial charge in [-0.3, -0.25) is 4.57 Å². The van der Waals surface area contributed by atoms with Crippen molar-refractivity contribution in [3.05, 3.63) is 28.7 Å². The molecule has 3 rings (SSSR count). The maximum absolute atomic E-state index is 12.8. The van der Waals surface area contributed by atoms with E-state index in [2.05, 4.69) is 0 Å². The number of hydrogen-bond acceptors (Lipinski definition) is 5.